The molecule has 0 rings (SSSR count). The summed E-state index contributed by atoms with van der Waals surface area (Å²) in [7, 11) is 0.904. The summed E-state index contributed by atoms with van der Waals surface area (Å²) in [6.45, 7) is -2.19. The van der Waals surface area contributed by atoms with Crippen LogP contribution >= 0.6 is 0 Å². The molecule has 0 aromatic rings. The molecule has 0 aliphatic heterocycles. The van der Waals surface area contributed by atoms with Crippen LogP contribution in [0.1, 0.15) is 0 Å². The third kappa shape index (κ3) is 2.26. The van der Waals surface area contributed by atoms with Crippen molar-refractivity contribution >= 4 is 11.8 Å². The molecule has 0 fully saturated rings. The molecule has 14 heavy (non-hydrogen) atoms. The second-order valence-corrected chi connectivity index (χ2v) is 2.57. The maximum Gasteiger partial charge on any atom is 0.348 e. The molecule has 7 heteroatoms. The third-order valence-corrected chi connectivity index (χ3v) is 1.64. The number of rotatable bonds is 5. The fourth-order valence-corrected chi connectivity index (χ4v) is 0.770. The van der Waals surface area contributed by atoms with E-state index in [2.05, 4.69) is 4.74 Å². The molecule has 0 saturated carbocycles. The molecule has 0 saturated heterocycles. The molecule has 0 spiro atoms. The standard InChI is InChI=1S/C7H12O7/c1-14-6(12)7(13,3-9)5(11)4(10)2-8/h4,8-10,13H,2-3H2,1H3. The van der Waals surface area contributed by atoms with Crippen LogP contribution in [0.2, 0.25) is 0 Å². The van der Waals surface area contributed by atoms with Crippen molar-refractivity contribution in [3.8, 4) is 0 Å². The fraction of sp³-hybridized carbons (Fsp3) is 0.714. The molecule has 0 radical (unpaired) electrons. The smallest absolute Gasteiger partial charge is 0.348 e. The number of ether oxygens (including phenoxy) is 1. The van der Waals surface area contributed by atoms with Gasteiger partial charge in [0.15, 0.2) is 0 Å². The maximum absolute atomic E-state index is 11.1. The van der Waals surface area contributed by atoms with E-state index in [0.717, 1.165) is 7.11 Å². The second kappa shape index (κ2) is 5.01. The van der Waals surface area contributed by atoms with E-state index in [4.69, 9.17) is 15.3 Å². The Hall–Kier alpha value is -1.02. The van der Waals surface area contributed by atoms with Crippen LogP contribution in [0.25, 0.3) is 0 Å². The summed E-state index contributed by atoms with van der Waals surface area (Å²) >= 11 is 0. The van der Waals surface area contributed by atoms with Crippen LogP contribution in [0.15, 0.2) is 0 Å². The minimum Gasteiger partial charge on any atom is -0.466 e. The van der Waals surface area contributed by atoms with Crippen molar-refractivity contribution in [2.75, 3.05) is 20.3 Å². The summed E-state index contributed by atoms with van der Waals surface area (Å²) in [5.41, 5.74) is -2.82. The first-order valence-electron chi connectivity index (χ1n) is 3.69. The highest BCUT2D eigenvalue weighted by atomic mass is 16.5. The predicted molar refractivity (Wildman–Crippen MR) is 42.2 cm³/mol. The van der Waals surface area contributed by atoms with Gasteiger partial charge in [-0.1, -0.05) is 0 Å². The van der Waals surface area contributed by atoms with E-state index in [1.807, 2.05) is 0 Å². The summed E-state index contributed by atoms with van der Waals surface area (Å²) < 4.78 is 4.06. The maximum atomic E-state index is 11.1. The molecule has 0 bridgehead atoms. The number of ketones is 1. The normalized spacial score (nSPS) is 16.9. The van der Waals surface area contributed by atoms with E-state index in [-0.39, 0.29) is 0 Å². The number of hydrogen-bond donors (Lipinski definition) is 4. The zero-order valence-corrected chi connectivity index (χ0v) is 7.51. The molecule has 2 atom stereocenters. The van der Waals surface area contributed by atoms with Gasteiger partial charge < -0.3 is 25.2 Å². The summed E-state index contributed by atoms with van der Waals surface area (Å²) in [6, 6.07) is 0. The Balaban J connectivity index is 4.85. The van der Waals surface area contributed by atoms with E-state index in [9.17, 15) is 14.7 Å². The first-order valence-corrected chi connectivity index (χ1v) is 3.69. The van der Waals surface area contributed by atoms with E-state index in [0.29, 0.717) is 0 Å². The summed E-state index contributed by atoms with van der Waals surface area (Å²) in [5, 5.41) is 35.2. The molecular weight excluding hydrogens is 196 g/mol. The average Bonchev–Trinajstić information content (AvgIpc) is 2.24. The van der Waals surface area contributed by atoms with E-state index in [1.165, 1.54) is 0 Å². The lowest BCUT2D eigenvalue weighted by atomic mass is 9.96. The van der Waals surface area contributed by atoms with Crippen molar-refractivity contribution in [3.05, 3.63) is 0 Å². The number of carbonyl (C=O) groups is 2. The number of hydrogen-bond acceptors (Lipinski definition) is 7. The van der Waals surface area contributed by atoms with Gasteiger partial charge in [-0.2, -0.15) is 0 Å². The van der Waals surface area contributed by atoms with Gasteiger partial charge >= 0.3 is 5.97 Å². The van der Waals surface area contributed by atoms with Crippen LogP contribution in [-0.2, 0) is 14.3 Å². The minimum atomic E-state index is -2.82. The Morgan fingerprint density at radius 2 is 1.93 bits per heavy atom. The van der Waals surface area contributed by atoms with Crippen molar-refractivity contribution in [2.45, 2.75) is 11.7 Å². The molecule has 7 nitrogen and oxygen atoms in total. The van der Waals surface area contributed by atoms with Crippen molar-refractivity contribution in [1.82, 2.24) is 0 Å². The highest BCUT2D eigenvalue weighted by Crippen LogP contribution is 2.10. The van der Waals surface area contributed by atoms with Crippen LogP contribution in [0.5, 0.6) is 0 Å². The molecule has 0 aliphatic carbocycles. The Morgan fingerprint density at radius 3 is 2.21 bits per heavy atom. The van der Waals surface area contributed by atoms with Crippen molar-refractivity contribution in [1.29, 1.82) is 0 Å². The zero-order chi connectivity index (χ0) is 11.4. The lowest BCUT2D eigenvalue weighted by Crippen LogP contribution is -2.55. The molecule has 0 aliphatic rings. The molecule has 4 N–H and O–H groups in total. The average molecular weight is 208 g/mol. The quantitative estimate of drug-likeness (QED) is 0.277. The summed E-state index contributed by atoms with van der Waals surface area (Å²) in [5.74, 6) is -2.80. The lowest BCUT2D eigenvalue weighted by molar-refractivity contribution is -0.176. The Kier molecular flexibility index (Phi) is 4.64. The molecular formula is C7H12O7. The van der Waals surface area contributed by atoms with Gasteiger partial charge in [-0.3, -0.25) is 4.79 Å². The van der Waals surface area contributed by atoms with Gasteiger partial charge in [0.2, 0.25) is 11.4 Å². The monoisotopic (exact) mass is 208 g/mol. The number of carbonyl (C=O) groups excluding carboxylic acids is 2. The molecule has 0 aromatic carbocycles. The Morgan fingerprint density at radius 1 is 1.43 bits per heavy atom. The van der Waals surface area contributed by atoms with Crippen LogP contribution < -0.4 is 0 Å². The summed E-state index contributed by atoms with van der Waals surface area (Å²) in [4.78, 5) is 22.0. The van der Waals surface area contributed by atoms with Crippen LogP contribution in [-0.4, -0.2) is 64.2 Å². The zero-order valence-electron chi connectivity index (χ0n) is 7.51. The highest BCUT2D eigenvalue weighted by molar-refractivity contribution is 6.09. The number of methoxy groups -OCH3 is 1. The van der Waals surface area contributed by atoms with Crippen LogP contribution in [0.4, 0.5) is 0 Å². The van der Waals surface area contributed by atoms with Gasteiger partial charge in [-0.05, 0) is 0 Å². The number of esters is 1. The molecule has 0 amide bonds. The van der Waals surface area contributed by atoms with Crippen LogP contribution in [0, 0.1) is 0 Å². The van der Waals surface area contributed by atoms with E-state index < -0.39 is 36.7 Å². The largest absolute Gasteiger partial charge is 0.466 e. The number of aliphatic hydroxyl groups excluding tert-OH is 3. The molecule has 0 heterocycles. The summed E-state index contributed by atoms with van der Waals surface area (Å²) in [6.07, 6.45) is -1.94. The van der Waals surface area contributed by atoms with Crippen molar-refractivity contribution in [3.63, 3.8) is 0 Å². The van der Waals surface area contributed by atoms with Gasteiger partial charge in [0, 0.05) is 0 Å². The van der Waals surface area contributed by atoms with Gasteiger partial charge in [0.25, 0.3) is 0 Å². The first kappa shape index (κ1) is 13.0. The highest BCUT2D eigenvalue weighted by Gasteiger charge is 2.47. The van der Waals surface area contributed by atoms with Gasteiger partial charge in [-0.15, -0.1) is 0 Å². The fourth-order valence-electron chi connectivity index (χ4n) is 0.770. The van der Waals surface area contributed by atoms with Crippen molar-refractivity contribution < 1.29 is 34.8 Å². The first-order chi connectivity index (χ1) is 6.43. The Bertz CT molecular complexity index is 226. The van der Waals surface area contributed by atoms with E-state index >= 15 is 0 Å². The van der Waals surface area contributed by atoms with Gasteiger partial charge in [-0.25, -0.2) is 4.79 Å². The topological polar surface area (TPSA) is 124 Å². The predicted octanol–water partition coefficient (Wildman–Crippen LogP) is -3.19. The van der Waals surface area contributed by atoms with E-state index in [1.54, 1.807) is 0 Å². The molecule has 2 unspecified atom stereocenters. The number of aliphatic hydroxyl groups is 4. The number of Topliss-reactive ketones (excluding diaryl/α,β-unsaturated/α-hetero) is 1. The third-order valence-electron chi connectivity index (χ3n) is 1.64. The SMILES string of the molecule is COC(=O)C(O)(CO)C(=O)C(O)CO. The van der Waals surface area contributed by atoms with Gasteiger partial charge in [0.05, 0.1) is 20.3 Å². The van der Waals surface area contributed by atoms with Crippen LogP contribution in [0.3, 0.4) is 0 Å². The van der Waals surface area contributed by atoms with Crippen molar-refractivity contribution in [2.24, 2.45) is 0 Å². The molecule has 0 aromatic heterocycles. The minimum absolute atomic E-state index is 0.904. The lowest BCUT2D eigenvalue weighted by Gasteiger charge is -2.22. The Labute approximate surface area is 79.5 Å². The second-order valence-electron chi connectivity index (χ2n) is 2.57. The molecule has 82 valence electrons. The van der Waals surface area contributed by atoms with Gasteiger partial charge in [0.1, 0.15) is 6.10 Å².